The summed E-state index contributed by atoms with van der Waals surface area (Å²) >= 11 is 0. The number of carboxylic acid groups (broad SMARTS) is 2. The normalized spacial score (nSPS) is 31.4. The molecule has 4 nitrogen and oxygen atoms in total. The standard InChI is InChI=1S/C10H14O4/c1-2-6-4-3-5-7(9(11)12)8(6)10(13)14/h3-4,6-8H,2,5H2,1H3,(H,11,12)(H,13,14)/t6-,7+,8+/m1/s1. The third-order valence-electron chi connectivity index (χ3n) is 2.74. The van der Waals surface area contributed by atoms with Crippen LogP contribution in [0.3, 0.4) is 0 Å². The van der Waals surface area contributed by atoms with Crippen LogP contribution in [0, 0.1) is 17.8 Å². The van der Waals surface area contributed by atoms with E-state index in [2.05, 4.69) is 0 Å². The molecule has 4 heteroatoms. The maximum atomic E-state index is 10.9. The first-order valence-electron chi connectivity index (χ1n) is 4.70. The van der Waals surface area contributed by atoms with E-state index in [1.165, 1.54) is 0 Å². The molecule has 1 rings (SSSR count). The van der Waals surface area contributed by atoms with E-state index in [1.54, 1.807) is 6.08 Å². The van der Waals surface area contributed by atoms with E-state index in [4.69, 9.17) is 10.2 Å². The lowest BCUT2D eigenvalue weighted by atomic mass is 9.75. The molecule has 0 aromatic rings. The van der Waals surface area contributed by atoms with Crippen molar-refractivity contribution in [2.75, 3.05) is 0 Å². The van der Waals surface area contributed by atoms with E-state index in [1.807, 2.05) is 13.0 Å². The van der Waals surface area contributed by atoms with Crippen LogP contribution in [0.2, 0.25) is 0 Å². The van der Waals surface area contributed by atoms with Gasteiger partial charge in [-0.15, -0.1) is 0 Å². The summed E-state index contributed by atoms with van der Waals surface area (Å²) in [6.07, 6.45) is 4.57. The number of hydrogen-bond acceptors (Lipinski definition) is 2. The minimum Gasteiger partial charge on any atom is -0.481 e. The second kappa shape index (κ2) is 4.26. The Labute approximate surface area is 82.2 Å². The molecular formula is C10H14O4. The fraction of sp³-hybridized carbons (Fsp3) is 0.600. The van der Waals surface area contributed by atoms with E-state index >= 15 is 0 Å². The molecule has 14 heavy (non-hydrogen) atoms. The van der Waals surface area contributed by atoms with Crippen LogP contribution >= 0.6 is 0 Å². The van der Waals surface area contributed by atoms with Crippen molar-refractivity contribution in [2.24, 2.45) is 17.8 Å². The zero-order chi connectivity index (χ0) is 10.7. The van der Waals surface area contributed by atoms with Crippen molar-refractivity contribution in [3.05, 3.63) is 12.2 Å². The summed E-state index contributed by atoms with van der Waals surface area (Å²) in [6.45, 7) is 1.87. The van der Waals surface area contributed by atoms with Gasteiger partial charge in [0.05, 0.1) is 11.8 Å². The van der Waals surface area contributed by atoms with Crippen molar-refractivity contribution in [1.29, 1.82) is 0 Å². The molecule has 0 aromatic heterocycles. The second-order valence-electron chi connectivity index (χ2n) is 3.54. The van der Waals surface area contributed by atoms with E-state index < -0.39 is 23.8 Å². The maximum Gasteiger partial charge on any atom is 0.307 e. The van der Waals surface area contributed by atoms with Crippen LogP contribution in [-0.4, -0.2) is 22.2 Å². The first-order valence-corrected chi connectivity index (χ1v) is 4.70. The zero-order valence-corrected chi connectivity index (χ0v) is 8.01. The first-order chi connectivity index (χ1) is 6.57. The van der Waals surface area contributed by atoms with Gasteiger partial charge in [-0.1, -0.05) is 19.1 Å². The Morgan fingerprint density at radius 1 is 1.36 bits per heavy atom. The van der Waals surface area contributed by atoms with Gasteiger partial charge in [0.2, 0.25) is 0 Å². The van der Waals surface area contributed by atoms with E-state index in [9.17, 15) is 9.59 Å². The molecule has 0 spiro atoms. The Morgan fingerprint density at radius 3 is 2.43 bits per heavy atom. The lowest BCUT2D eigenvalue weighted by Crippen LogP contribution is -2.36. The SMILES string of the molecule is CC[C@@H]1C=CC[C@H](C(=O)O)[C@H]1C(=O)O. The maximum absolute atomic E-state index is 10.9. The molecule has 1 aliphatic carbocycles. The fourth-order valence-corrected chi connectivity index (χ4v) is 1.96. The predicted molar refractivity (Wildman–Crippen MR) is 49.8 cm³/mol. The Balaban J connectivity index is 2.92. The van der Waals surface area contributed by atoms with Gasteiger partial charge in [-0.25, -0.2) is 0 Å². The highest BCUT2D eigenvalue weighted by atomic mass is 16.4. The molecule has 0 bridgehead atoms. The summed E-state index contributed by atoms with van der Waals surface area (Å²) in [5.74, 6) is -3.72. The van der Waals surface area contributed by atoms with Crippen LogP contribution in [0.25, 0.3) is 0 Å². The molecule has 0 unspecified atom stereocenters. The quantitative estimate of drug-likeness (QED) is 0.672. The second-order valence-corrected chi connectivity index (χ2v) is 3.54. The summed E-state index contributed by atoms with van der Waals surface area (Å²) in [5.41, 5.74) is 0. The Hall–Kier alpha value is -1.32. The third kappa shape index (κ3) is 1.95. The van der Waals surface area contributed by atoms with Crippen molar-refractivity contribution in [3.63, 3.8) is 0 Å². The molecule has 78 valence electrons. The van der Waals surface area contributed by atoms with Gasteiger partial charge in [-0.2, -0.15) is 0 Å². The van der Waals surface area contributed by atoms with Gasteiger partial charge < -0.3 is 10.2 Å². The molecule has 0 radical (unpaired) electrons. The van der Waals surface area contributed by atoms with Crippen molar-refractivity contribution in [2.45, 2.75) is 19.8 Å². The molecular weight excluding hydrogens is 184 g/mol. The molecule has 0 fully saturated rings. The van der Waals surface area contributed by atoms with Crippen LogP contribution in [0.1, 0.15) is 19.8 Å². The number of hydrogen-bond donors (Lipinski definition) is 2. The summed E-state index contributed by atoms with van der Waals surface area (Å²) in [7, 11) is 0. The van der Waals surface area contributed by atoms with E-state index in [0.717, 1.165) is 0 Å². The lowest BCUT2D eigenvalue weighted by molar-refractivity contribution is -0.155. The third-order valence-corrected chi connectivity index (χ3v) is 2.74. The van der Waals surface area contributed by atoms with Gasteiger partial charge in [0.25, 0.3) is 0 Å². The Kier molecular flexibility index (Phi) is 3.28. The Morgan fingerprint density at radius 2 is 2.00 bits per heavy atom. The molecule has 0 aliphatic heterocycles. The average molecular weight is 198 g/mol. The predicted octanol–water partition coefficient (Wildman–Crippen LogP) is 1.37. The van der Waals surface area contributed by atoms with Crippen molar-refractivity contribution in [3.8, 4) is 0 Å². The lowest BCUT2D eigenvalue weighted by Gasteiger charge is -2.28. The minimum absolute atomic E-state index is 0.151. The molecule has 1 aliphatic rings. The van der Waals surface area contributed by atoms with Gasteiger partial charge in [0, 0.05) is 0 Å². The minimum atomic E-state index is -1.01. The number of carbonyl (C=O) groups is 2. The average Bonchev–Trinajstić information content (AvgIpc) is 2.16. The van der Waals surface area contributed by atoms with Gasteiger partial charge in [-0.05, 0) is 18.8 Å². The fourth-order valence-electron chi connectivity index (χ4n) is 1.96. The smallest absolute Gasteiger partial charge is 0.307 e. The summed E-state index contributed by atoms with van der Waals surface area (Å²) in [6, 6.07) is 0. The van der Waals surface area contributed by atoms with Crippen LogP contribution in [0.5, 0.6) is 0 Å². The van der Waals surface area contributed by atoms with Gasteiger partial charge >= 0.3 is 11.9 Å². The van der Waals surface area contributed by atoms with Crippen LogP contribution in [0.4, 0.5) is 0 Å². The monoisotopic (exact) mass is 198 g/mol. The van der Waals surface area contributed by atoms with Gasteiger partial charge in [0.1, 0.15) is 0 Å². The largest absolute Gasteiger partial charge is 0.481 e. The summed E-state index contributed by atoms with van der Waals surface area (Å²) in [5, 5.41) is 17.8. The van der Waals surface area contributed by atoms with Crippen LogP contribution in [0.15, 0.2) is 12.2 Å². The number of aliphatic carboxylic acids is 2. The summed E-state index contributed by atoms with van der Waals surface area (Å²) < 4.78 is 0. The topological polar surface area (TPSA) is 74.6 Å². The van der Waals surface area contributed by atoms with Crippen molar-refractivity contribution < 1.29 is 19.8 Å². The highest BCUT2D eigenvalue weighted by molar-refractivity contribution is 5.81. The molecule has 3 atom stereocenters. The zero-order valence-electron chi connectivity index (χ0n) is 8.01. The molecule has 0 aromatic carbocycles. The number of allylic oxidation sites excluding steroid dienone is 2. The van der Waals surface area contributed by atoms with Crippen LogP contribution < -0.4 is 0 Å². The molecule has 2 N–H and O–H groups in total. The van der Waals surface area contributed by atoms with Gasteiger partial charge in [-0.3, -0.25) is 9.59 Å². The van der Waals surface area contributed by atoms with Gasteiger partial charge in [0.15, 0.2) is 0 Å². The van der Waals surface area contributed by atoms with Crippen molar-refractivity contribution >= 4 is 11.9 Å². The number of carboxylic acids is 2. The van der Waals surface area contributed by atoms with E-state index in [-0.39, 0.29) is 5.92 Å². The highest BCUT2D eigenvalue weighted by Gasteiger charge is 2.39. The number of rotatable bonds is 3. The molecule has 0 heterocycles. The molecule has 0 amide bonds. The molecule has 0 saturated heterocycles. The Bertz CT molecular complexity index is 269. The molecule has 0 saturated carbocycles. The van der Waals surface area contributed by atoms with Crippen molar-refractivity contribution in [1.82, 2.24) is 0 Å². The summed E-state index contributed by atoms with van der Waals surface area (Å²) in [4.78, 5) is 21.8. The van der Waals surface area contributed by atoms with Crippen LogP contribution in [-0.2, 0) is 9.59 Å². The van der Waals surface area contributed by atoms with E-state index in [0.29, 0.717) is 12.8 Å². The highest BCUT2D eigenvalue weighted by Crippen LogP contribution is 2.32. The first kappa shape index (κ1) is 10.8.